The summed E-state index contributed by atoms with van der Waals surface area (Å²) >= 11 is 0. The van der Waals surface area contributed by atoms with Crippen molar-refractivity contribution in [3.05, 3.63) is 39.4 Å². The molecule has 1 aliphatic heterocycles. The van der Waals surface area contributed by atoms with Crippen LogP contribution < -0.4 is 5.32 Å². The summed E-state index contributed by atoms with van der Waals surface area (Å²) in [5.74, 6) is 0. The van der Waals surface area contributed by atoms with Gasteiger partial charge in [0.05, 0.1) is 17.0 Å². The first-order chi connectivity index (χ1) is 7.58. The molecule has 1 unspecified atom stereocenters. The average Bonchev–Trinajstić information content (AvgIpc) is 2.64. The Balaban J connectivity index is 2.41. The molecule has 84 valence electrons. The molecule has 1 amide bonds. The zero-order valence-corrected chi connectivity index (χ0v) is 8.60. The number of nitro benzene ring substituents is 1. The zero-order valence-electron chi connectivity index (χ0n) is 8.60. The molecule has 1 aromatic carbocycles. The predicted molar refractivity (Wildman–Crippen MR) is 55.1 cm³/mol. The van der Waals surface area contributed by atoms with Crippen LogP contribution in [0.5, 0.6) is 0 Å². The number of carbonyl (C=O) groups excluding carboxylic acids is 1. The molecule has 1 saturated heterocycles. The second-order valence-electron chi connectivity index (χ2n) is 3.59. The Labute approximate surface area is 91.4 Å². The highest BCUT2D eigenvalue weighted by atomic mass is 16.6. The van der Waals surface area contributed by atoms with E-state index in [0.717, 1.165) is 5.56 Å². The topological polar surface area (TPSA) is 81.5 Å². The van der Waals surface area contributed by atoms with Crippen LogP contribution in [0.2, 0.25) is 0 Å². The van der Waals surface area contributed by atoms with E-state index in [-0.39, 0.29) is 12.2 Å². The van der Waals surface area contributed by atoms with E-state index in [2.05, 4.69) is 5.32 Å². The third-order valence-electron chi connectivity index (χ3n) is 2.41. The van der Waals surface area contributed by atoms with Crippen molar-refractivity contribution >= 4 is 11.8 Å². The fraction of sp³-hybridized carbons (Fsp3) is 0.300. The number of amides is 1. The zero-order chi connectivity index (χ0) is 11.7. The Morgan fingerprint density at radius 3 is 2.88 bits per heavy atom. The van der Waals surface area contributed by atoms with Gasteiger partial charge in [0.2, 0.25) is 0 Å². The van der Waals surface area contributed by atoms with Gasteiger partial charge < -0.3 is 10.1 Å². The number of nitrogens with one attached hydrogen (secondary N) is 1. The summed E-state index contributed by atoms with van der Waals surface area (Å²) in [5.41, 5.74) is 1.30. The van der Waals surface area contributed by atoms with Crippen molar-refractivity contribution in [2.24, 2.45) is 0 Å². The lowest BCUT2D eigenvalue weighted by molar-refractivity contribution is -0.386. The van der Waals surface area contributed by atoms with Crippen molar-refractivity contribution in [1.29, 1.82) is 0 Å². The number of hydrogen-bond donors (Lipinski definition) is 1. The minimum atomic E-state index is -0.576. The molecule has 0 saturated carbocycles. The minimum absolute atomic E-state index is 0.0212. The number of cyclic esters (lactones) is 1. The maximum absolute atomic E-state index is 10.9. The molecule has 1 aromatic rings. The monoisotopic (exact) mass is 222 g/mol. The third kappa shape index (κ3) is 1.81. The largest absolute Gasteiger partial charge is 0.439 e. The van der Waals surface area contributed by atoms with Gasteiger partial charge in [0.25, 0.3) is 5.69 Å². The smallest absolute Gasteiger partial charge is 0.407 e. The average molecular weight is 222 g/mol. The summed E-state index contributed by atoms with van der Waals surface area (Å²) in [4.78, 5) is 21.2. The van der Waals surface area contributed by atoms with E-state index in [4.69, 9.17) is 4.74 Å². The van der Waals surface area contributed by atoms with Crippen molar-refractivity contribution in [3.8, 4) is 0 Å². The molecule has 2 rings (SSSR count). The Kier molecular flexibility index (Phi) is 2.47. The Morgan fingerprint density at radius 1 is 1.56 bits per heavy atom. The molecule has 1 atom stereocenters. The summed E-state index contributed by atoms with van der Waals surface area (Å²) in [5, 5.41) is 13.3. The van der Waals surface area contributed by atoms with Gasteiger partial charge in [-0.2, -0.15) is 0 Å². The van der Waals surface area contributed by atoms with Crippen LogP contribution in [0.15, 0.2) is 18.2 Å². The van der Waals surface area contributed by atoms with Gasteiger partial charge in [-0.05, 0) is 13.0 Å². The van der Waals surface area contributed by atoms with Gasteiger partial charge in [-0.1, -0.05) is 11.6 Å². The van der Waals surface area contributed by atoms with Gasteiger partial charge in [-0.15, -0.1) is 0 Å². The molecule has 6 heteroatoms. The number of alkyl carbamates (subject to hydrolysis) is 1. The molecule has 0 aromatic heterocycles. The number of aryl methyl sites for hydroxylation is 1. The summed E-state index contributed by atoms with van der Waals surface area (Å²) in [7, 11) is 0. The first-order valence-corrected chi connectivity index (χ1v) is 4.77. The summed E-state index contributed by atoms with van der Waals surface area (Å²) in [6, 6.07) is 4.76. The van der Waals surface area contributed by atoms with Crippen LogP contribution in [0.4, 0.5) is 10.5 Å². The fourth-order valence-corrected chi connectivity index (χ4v) is 1.66. The van der Waals surface area contributed by atoms with Crippen molar-refractivity contribution in [3.63, 3.8) is 0 Å². The van der Waals surface area contributed by atoms with E-state index in [1.54, 1.807) is 12.1 Å². The molecule has 1 fully saturated rings. The Bertz CT molecular complexity index is 458. The summed E-state index contributed by atoms with van der Waals surface area (Å²) in [6.07, 6.45) is -1.12. The van der Waals surface area contributed by atoms with Crippen LogP contribution >= 0.6 is 0 Å². The van der Waals surface area contributed by atoms with E-state index < -0.39 is 17.1 Å². The fourth-order valence-electron chi connectivity index (χ4n) is 1.66. The number of hydrogen-bond acceptors (Lipinski definition) is 4. The highest BCUT2D eigenvalue weighted by Crippen LogP contribution is 2.30. The molecular formula is C10H10N2O4. The minimum Gasteiger partial charge on any atom is -0.439 e. The third-order valence-corrected chi connectivity index (χ3v) is 2.41. The maximum Gasteiger partial charge on any atom is 0.407 e. The number of benzene rings is 1. The number of nitro groups is 1. The van der Waals surface area contributed by atoms with Crippen LogP contribution in [-0.4, -0.2) is 17.6 Å². The van der Waals surface area contributed by atoms with Crippen LogP contribution in [0.25, 0.3) is 0 Å². The second-order valence-corrected chi connectivity index (χ2v) is 3.59. The molecule has 1 heterocycles. The number of carbonyl (C=O) groups is 1. The number of nitrogens with zero attached hydrogens (tertiary/aromatic N) is 1. The molecule has 0 aliphatic carbocycles. The summed E-state index contributed by atoms with van der Waals surface area (Å²) < 4.78 is 4.94. The van der Waals surface area contributed by atoms with Gasteiger partial charge in [0.15, 0.2) is 6.10 Å². The number of ether oxygens (including phenoxy) is 1. The lowest BCUT2D eigenvalue weighted by Crippen LogP contribution is -2.12. The second kappa shape index (κ2) is 3.80. The molecular weight excluding hydrogens is 212 g/mol. The van der Waals surface area contributed by atoms with Crippen molar-refractivity contribution in [2.75, 3.05) is 6.54 Å². The van der Waals surface area contributed by atoms with E-state index in [1.807, 2.05) is 6.92 Å². The van der Waals surface area contributed by atoms with Crippen LogP contribution in [0.1, 0.15) is 17.2 Å². The first-order valence-electron chi connectivity index (χ1n) is 4.77. The molecule has 1 aliphatic rings. The van der Waals surface area contributed by atoms with E-state index in [1.165, 1.54) is 6.07 Å². The maximum atomic E-state index is 10.9. The molecule has 0 radical (unpaired) electrons. The highest BCUT2D eigenvalue weighted by Gasteiger charge is 2.30. The molecule has 1 N–H and O–H groups in total. The SMILES string of the molecule is Cc1ccc([N+](=O)[O-])c(C2CNC(=O)O2)c1. The van der Waals surface area contributed by atoms with Gasteiger partial charge in [0, 0.05) is 6.07 Å². The number of rotatable bonds is 2. The van der Waals surface area contributed by atoms with Crippen molar-refractivity contribution < 1.29 is 14.5 Å². The molecule has 6 nitrogen and oxygen atoms in total. The Morgan fingerprint density at radius 2 is 2.31 bits per heavy atom. The summed E-state index contributed by atoms with van der Waals surface area (Å²) in [6.45, 7) is 2.10. The first kappa shape index (κ1) is 10.4. The predicted octanol–water partition coefficient (Wildman–Crippen LogP) is 1.68. The van der Waals surface area contributed by atoms with Gasteiger partial charge in [-0.3, -0.25) is 10.1 Å². The molecule has 0 bridgehead atoms. The van der Waals surface area contributed by atoms with E-state index in [0.29, 0.717) is 5.56 Å². The van der Waals surface area contributed by atoms with E-state index >= 15 is 0 Å². The van der Waals surface area contributed by atoms with Crippen molar-refractivity contribution in [2.45, 2.75) is 13.0 Å². The van der Waals surface area contributed by atoms with Crippen LogP contribution in [0, 0.1) is 17.0 Å². The molecule has 0 spiro atoms. The molecule has 16 heavy (non-hydrogen) atoms. The lowest BCUT2D eigenvalue weighted by atomic mass is 10.0. The normalized spacial score (nSPS) is 19.1. The van der Waals surface area contributed by atoms with Gasteiger partial charge >= 0.3 is 6.09 Å². The van der Waals surface area contributed by atoms with Crippen LogP contribution in [0.3, 0.4) is 0 Å². The van der Waals surface area contributed by atoms with E-state index in [9.17, 15) is 14.9 Å². The Hall–Kier alpha value is -2.11. The standard InChI is InChI=1S/C10H10N2O4/c1-6-2-3-8(12(14)15)7(4-6)9-5-11-10(13)16-9/h2-4,9H,5H2,1H3,(H,11,13). The highest BCUT2D eigenvalue weighted by molar-refractivity contribution is 5.70. The van der Waals surface area contributed by atoms with Crippen LogP contribution in [-0.2, 0) is 4.74 Å². The quantitative estimate of drug-likeness (QED) is 0.609. The van der Waals surface area contributed by atoms with Crippen molar-refractivity contribution in [1.82, 2.24) is 5.32 Å². The lowest BCUT2D eigenvalue weighted by Gasteiger charge is -2.09. The van der Waals surface area contributed by atoms with Gasteiger partial charge in [-0.25, -0.2) is 4.79 Å². The van der Waals surface area contributed by atoms with Gasteiger partial charge in [0.1, 0.15) is 0 Å².